The standard InChI is InChI=1S/C19H23Cl2NO3/c1-12-7-15(8-13(2)19(12)21)25-6-5-22-11-14-9-17(23-3)18(24-4)10-16(14)20/h7-10,22H,5-6,11H2,1-4H3. The van der Waals surface area contributed by atoms with E-state index in [0.29, 0.717) is 36.2 Å². The van der Waals surface area contributed by atoms with Crippen molar-refractivity contribution in [1.29, 1.82) is 0 Å². The van der Waals surface area contributed by atoms with E-state index in [-0.39, 0.29) is 0 Å². The van der Waals surface area contributed by atoms with Gasteiger partial charge in [0.2, 0.25) is 0 Å². The van der Waals surface area contributed by atoms with Crippen LogP contribution in [0.5, 0.6) is 17.2 Å². The van der Waals surface area contributed by atoms with Crippen molar-refractivity contribution in [2.45, 2.75) is 20.4 Å². The van der Waals surface area contributed by atoms with Gasteiger partial charge in [0.15, 0.2) is 11.5 Å². The molecule has 0 spiro atoms. The van der Waals surface area contributed by atoms with Gasteiger partial charge in [-0.05, 0) is 48.7 Å². The van der Waals surface area contributed by atoms with E-state index in [1.807, 2.05) is 32.0 Å². The number of benzene rings is 2. The van der Waals surface area contributed by atoms with Crippen LogP contribution in [0.2, 0.25) is 10.0 Å². The summed E-state index contributed by atoms with van der Waals surface area (Å²) in [5.41, 5.74) is 2.97. The smallest absolute Gasteiger partial charge is 0.162 e. The van der Waals surface area contributed by atoms with Gasteiger partial charge in [0.1, 0.15) is 12.4 Å². The number of hydrogen-bond donors (Lipinski definition) is 1. The SMILES string of the molecule is COc1cc(Cl)c(CNCCOc2cc(C)c(Cl)c(C)c2)cc1OC. The first-order valence-corrected chi connectivity index (χ1v) is 8.72. The van der Waals surface area contributed by atoms with Crippen molar-refractivity contribution in [2.75, 3.05) is 27.4 Å². The van der Waals surface area contributed by atoms with Crippen LogP contribution < -0.4 is 19.5 Å². The highest BCUT2D eigenvalue weighted by Gasteiger charge is 2.09. The Bertz CT molecular complexity index is 712. The Morgan fingerprint density at radius 2 is 1.52 bits per heavy atom. The summed E-state index contributed by atoms with van der Waals surface area (Å²) in [5, 5.41) is 4.73. The summed E-state index contributed by atoms with van der Waals surface area (Å²) in [7, 11) is 3.19. The topological polar surface area (TPSA) is 39.7 Å². The molecule has 4 nitrogen and oxygen atoms in total. The Labute approximate surface area is 159 Å². The van der Waals surface area contributed by atoms with Crippen molar-refractivity contribution in [1.82, 2.24) is 5.32 Å². The molecular weight excluding hydrogens is 361 g/mol. The fraction of sp³-hybridized carbons (Fsp3) is 0.368. The van der Waals surface area contributed by atoms with Crippen molar-refractivity contribution in [3.8, 4) is 17.2 Å². The molecule has 0 fully saturated rings. The third-order valence-electron chi connectivity index (χ3n) is 3.83. The molecule has 1 N–H and O–H groups in total. The van der Waals surface area contributed by atoms with E-state index < -0.39 is 0 Å². The number of aryl methyl sites for hydroxylation is 2. The van der Waals surface area contributed by atoms with E-state index in [0.717, 1.165) is 27.5 Å². The van der Waals surface area contributed by atoms with Gasteiger partial charge < -0.3 is 19.5 Å². The average Bonchev–Trinajstić information content (AvgIpc) is 2.60. The fourth-order valence-electron chi connectivity index (χ4n) is 2.49. The summed E-state index contributed by atoms with van der Waals surface area (Å²) in [6.07, 6.45) is 0. The van der Waals surface area contributed by atoms with E-state index in [4.69, 9.17) is 37.4 Å². The van der Waals surface area contributed by atoms with Gasteiger partial charge in [-0.25, -0.2) is 0 Å². The summed E-state index contributed by atoms with van der Waals surface area (Å²) in [6.45, 7) is 5.79. The average molecular weight is 384 g/mol. The monoisotopic (exact) mass is 383 g/mol. The lowest BCUT2D eigenvalue weighted by Gasteiger charge is -2.13. The summed E-state index contributed by atoms with van der Waals surface area (Å²) in [6, 6.07) is 7.52. The van der Waals surface area contributed by atoms with Crippen molar-refractivity contribution in [3.63, 3.8) is 0 Å². The number of hydrogen-bond acceptors (Lipinski definition) is 4. The van der Waals surface area contributed by atoms with E-state index in [1.54, 1.807) is 20.3 Å². The van der Waals surface area contributed by atoms with Crippen LogP contribution in [-0.2, 0) is 6.54 Å². The van der Waals surface area contributed by atoms with Crippen LogP contribution in [0.25, 0.3) is 0 Å². The number of methoxy groups -OCH3 is 2. The minimum absolute atomic E-state index is 0.547. The summed E-state index contributed by atoms with van der Waals surface area (Å²) < 4.78 is 16.3. The van der Waals surface area contributed by atoms with Crippen LogP contribution in [0.4, 0.5) is 0 Å². The largest absolute Gasteiger partial charge is 0.493 e. The first kappa shape index (κ1) is 19.7. The van der Waals surface area contributed by atoms with Gasteiger partial charge in [0.25, 0.3) is 0 Å². The molecule has 2 rings (SSSR count). The van der Waals surface area contributed by atoms with Crippen LogP contribution in [0.15, 0.2) is 24.3 Å². The van der Waals surface area contributed by atoms with Gasteiger partial charge in [-0.1, -0.05) is 23.2 Å². The molecule has 0 aliphatic heterocycles. The zero-order valence-electron chi connectivity index (χ0n) is 14.9. The lowest BCUT2D eigenvalue weighted by molar-refractivity contribution is 0.313. The van der Waals surface area contributed by atoms with Crippen molar-refractivity contribution in [2.24, 2.45) is 0 Å². The molecule has 0 aromatic heterocycles. The van der Waals surface area contributed by atoms with Gasteiger partial charge in [0.05, 0.1) is 14.2 Å². The van der Waals surface area contributed by atoms with Crippen LogP contribution in [0, 0.1) is 13.8 Å². The van der Waals surface area contributed by atoms with Crippen molar-refractivity contribution < 1.29 is 14.2 Å². The molecule has 2 aromatic carbocycles. The minimum atomic E-state index is 0.547. The Kier molecular flexibility index (Phi) is 7.24. The third kappa shape index (κ3) is 5.18. The van der Waals surface area contributed by atoms with Gasteiger partial charge in [-0.2, -0.15) is 0 Å². The van der Waals surface area contributed by atoms with E-state index >= 15 is 0 Å². The quantitative estimate of drug-likeness (QED) is 0.664. The predicted molar refractivity (Wildman–Crippen MR) is 103 cm³/mol. The molecule has 25 heavy (non-hydrogen) atoms. The number of halogens is 2. The summed E-state index contributed by atoms with van der Waals surface area (Å²) in [5.74, 6) is 2.10. The van der Waals surface area contributed by atoms with Gasteiger partial charge in [-0.3, -0.25) is 0 Å². The molecule has 0 amide bonds. The molecular formula is C19H23Cl2NO3. The molecule has 0 aliphatic rings. The Morgan fingerprint density at radius 3 is 2.12 bits per heavy atom. The van der Waals surface area contributed by atoms with Crippen molar-refractivity contribution >= 4 is 23.2 Å². The lowest BCUT2D eigenvalue weighted by atomic mass is 10.1. The maximum absolute atomic E-state index is 6.28. The Balaban J connectivity index is 1.85. The lowest BCUT2D eigenvalue weighted by Crippen LogP contribution is -2.21. The molecule has 6 heteroatoms. The minimum Gasteiger partial charge on any atom is -0.493 e. The molecule has 0 heterocycles. The van der Waals surface area contributed by atoms with Crippen LogP contribution in [0.1, 0.15) is 16.7 Å². The second-order valence-electron chi connectivity index (χ2n) is 5.69. The Hall–Kier alpha value is -1.62. The normalized spacial score (nSPS) is 10.6. The summed E-state index contributed by atoms with van der Waals surface area (Å²) >= 11 is 12.4. The second kappa shape index (κ2) is 9.18. The van der Waals surface area contributed by atoms with Crippen LogP contribution in [-0.4, -0.2) is 27.4 Å². The first-order valence-electron chi connectivity index (χ1n) is 7.97. The Morgan fingerprint density at radius 1 is 0.920 bits per heavy atom. The second-order valence-corrected chi connectivity index (χ2v) is 6.48. The van der Waals surface area contributed by atoms with Gasteiger partial charge in [-0.15, -0.1) is 0 Å². The number of ether oxygens (including phenoxy) is 3. The maximum atomic E-state index is 6.28. The predicted octanol–water partition coefficient (Wildman–Crippen LogP) is 4.80. The van der Waals surface area contributed by atoms with Crippen LogP contribution in [0.3, 0.4) is 0 Å². The highest BCUT2D eigenvalue weighted by atomic mass is 35.5. The fourth-order valence-corrected chi connectivity index (χ4v) is 2.81. The highest BCUT2D eigenvalue weighted by molar-refractivity contribution is 6.32. The molecule has 0 saturated heterocycles. The van der Waals surface area contributed by atoms with Gasteiger partial charge >= 0.3 is 0 Å². The van der Waals surface area contributed by atoms with Gasteiger partial charge in [0, 0.05) is 29.2 Å². The van der Waals surface area contributed by atoms with E-state index in [2.05, 4.69) is 5.32 Å². The number of nitrogens with one attached hydrogen (secondary N) is 1. The zero-order chi connectivity index (χ0) is 18.4. The first-order chi connectivity index (χ1) is 12.0. The molecule has 0 aliphatic carbocycles. The van der Waals surface area contributed by atoms with Crippen molar-refractivity contribution in [3.05, 3.63) is 51.0 Å². The molecule has 136 valence electrons. The number of rotatable bonds is 8. The zero-order valence-corrected chi connectivity index (χ0v) is 16.4. The third-order valence-corrected chi connectivity index (χ3v) is 4.77. The van der Waals surface area contributed by atoms with Crippen LogP contribution >= 0.6 is 23.2 Å². The molecule has 0 radical (unpaired) electrons. The highest BCUT2D eigenvalue weighted by Crippen LogP contribution is 2.33. The molecule has 0 atom stereocenters. The van der Waals surface area contributed by atoms with E-state index in [9.17, 15) is 0 Å². The summed E-state index contributed by atoms with van der Waals surface area (Å²) in [4.78, 5) is 0. The maximum Gasteiger partial charge on any atom is 0.162 e. The molecule has 0 unspecified atom stereocenters. The van der Waals surface area contributed by atoms with E-state index in [1.165, 1.54) is 0 Å². The molecule has 0 bridgehead atoms. The molecule has 0 saturated carbocycles. The molecule has 2 aromatic rings.